The molecule has 21 heavy (non-hydrogen) atoms. The molecule has 2 bridgehead atoms. The largest absolute Gasteiger partial charge is 0.365 e. The van der Waals surface area contributed by atoms with E-state index in [4.69, 9.17) is 0 Å². The number of hydrogen-bond acceptors (Lipinski definition) is 2. The van der Waals surface area contributed by atoms with Gasteiger partial charge in [0.25, 0.3) is 0 Å². The molecule has 2 aliphatic heterocycles. The van der Waals surface area contributed by atoms with Gasteiger partial charge in [-0.2, -0.15) is 0 Å². The summed E-state index contributed by atoms with van der Waals surface area (Å²) in [6.07, 6.45) is 6.68. The van der Waals surface area contributed by atoms with Crippen LogP contribution in [-0.4, -0.2) is 25.2 Å². The highest BCUT2D eigenvalue weighted by atomic mass is 15.2. The summed E-state index contributed by atoms with van der Waals surface area (Å²) in [7, 11) is 2.12. The molecule has 0 saturated carbocycles. The second-order valence-corrected chi connectivity index (χ2v) is 6.63. The van der Waals surface area contributed by atoms with E-state index in [0.29, 0.717) is 6.04 Å². The maximum atomic E-state index is 3.51. The number of anilines is 1. The van der Waals surface area contributed by atoms with Crippen molar-refractivity contribution in [2.75, 3.05) is 11.9 Å². The zero-order valence-electron chi connectivity index (χ0n) is 12.8. The van der Waals surface area contributed by atoms with E-state index in [-0.39, 0.29) is 0 Å². The van der Waals surface area contributed by atoms with E-state index in [1.54, 1.807) is 0 Å². The van der Waals surface area contributed by atoms with Crippen molar-refractivity contribution >= 4 is 16.5 Å². The normalized spacial score (nSPS) is 28.8. The van der Waals surface area contributed by atoms with Gasteiger partial charge < -0.3 is 10.2 Å². The van der Waals surface area contributed by atoms with E-state index in [9.17, 15) is 0 Å². The van der Waals surface area contributed by atoms with Gasteiger partial charge in [0, 0.05) is 23.8 Å². The lowest BCUT2D eigenvalue weighted by molar-refractivity contribution is 0.252. The highest BCUT2D eigenvalue weighted by Gasteiger charge is 2.37. The summed E-state index contributed by atoms with van der Waals surface area (Å²) < 4.78 is 0. The van der Waals surface area contributed by atoms with Crippen molar-refractivity contribution in [2.45, 2.75) is 50.2 Å². The fourth-order valence-electron chi connectivity index (χ4n) is 4.38. The van der Waals surface area contributed by atoms with Crippen molar-refractivity contribution in [1.82, 2.24) is 5.32 Å². The molecule has 0 aliphatic carbocycles. The molecule has 2 saturated heterocycles. The van der Waals surface area contributed by atoms with E-state index >= 15 is 0 Å². The number of piperidine rings is 2. The van der Waals surface area contributed by atoms with Crippen LogP contribution < -0.4 is 10.2 Å². The first-order chi connectivity index (χ1) is 10.3. The molecule has 4 rings (SSSR count). The fraction of sp³-hybridized carbons (Fsp3) is 0.474. The summed E-state index contributed by atoms with van der Waals surface area (Å²) >= 11 is 0. The Kier molecular flexibility index (Phi) is 3.34. The van der Waals surface area contributed by atoms with Gasteiger partial charge in [-0.05, 0) is 62.1 Å². The summed E-state index contributed by atoms with van der Waals surface area (Å²) in [4.78, 5) is 2.73. The Balaban J connectivity index is 1.70. The van der Waals surface area contributed by atoms with E-state index in [1.807, 2.05) is 0 Å². The number of benzene rings is 2. The number of nitrogens with zero attached hydrogens (tertiary/aromatic N) is 1. The van der Waals surface area contributed by atoms with Crippen LogP contribution in [0.15, 0.2) is 42.5 Å². The average Bonchev–Trinajstić information content (AvgIpc) is 2.53. The molecule has 2 heteroatoms. The Morgan fingerprint density at radius 1 is 0.952 bits per heavy atom. The minimum atomic E-state index is 0.706. The molecule has 2 aromatic carbocycles. The van der Waals surface area contributed by atoms with Gasteiger partial charge in [-0.15, -0.1) is 0 Å². The third kappa shape index (κ3) is 2.32. The molecule has 2 unspecified atom stereocenters. The first-order valence-electron chi connectivity index (χ1n) is 8.29. The Hall–Kier alpha value is -1.54. The topological polar surface area (TPSA) is 15.3 Å². The number of rotatable bonds is 2. The van der Waals surface area contributed by atoms with Crippen LogP contribution in [0.5, 0.6) is 0 Å². The van der Waals surface area contributed by atoms with Crippen molar-refractivity contribution in [3.63, 3.8) is 0 Å². The van der Waals surface area contributed by atoms with E-state index < -0.39 is 0 Å². The summed E-state index contributed by atoms with van der Waals surface area (Å²) in [5, 5.41) is 6.22. The van der Waals surface area contributed by atoms with Crippen LogP contribution in [0.1, 0.15) is 32.1 Å². The lowest BCUT2D eigenvalue weighted by atomic mass is 9.81. The third-order valence-corrected chi connectivity index (χ3v) is 5.41. The van der Waals surface area contributed by atoms with Crippen molar-refractivity contribution in [1.29, 1.82) is 0 Å². The first kappa shape index (κ1) is 13.1. The molecular formula is C19H24N2. The van der Waals surface area contributed by atoms with Crippen LogP contribution in [0.3, 0.4) is 0 Å². The lowest BCUT2D eigenvalue weighted by Crippen LogP contribution is -2.56. The van der Waals surface area contributed by atoms with Gasteiger partial charge in [-0.25, -0.2) is 0 Å². The van der Waals surface area contributed by atoms with Crippen molar-refractivity contribution < 1.29 is 0 Å². The van der Waals surface area contributed by atoms with Gasteiger partial charge in [0.2, 0.25) is 0 Å². The molecule has 2 heterocycles. The van der Waals surface area contributed by atoms with Gasteiger partial charge in [0.15, 0.2) is 0 Å². The summed E-state index contributed by atoms with van der Waals surface area (Å²) in [6, 6.07) is 17.8. The van der Waals surface area contributed by atoms with E-state index in [1.165, 1.54) is 48.6 Å². The van der Waals surface area contributed by atoms with Crippen molar-refractivity contribution in [2.24, 2.45) is 0 Å². The first-order valence-corrected chi connectivity index (χ1v) is 8.29. The van der Waals surface area contributed by atoms with Gasteiger partial charge in [-0.1, -0.05) is 30.3 Å². The highest BCUT2D eigenvalue weighted by molar-refractivity contribution is 5.86. The maximum absolute atomic E-state index is 3.51. The molecule has 2 aliphatic rings. The van der Waals surface area contributed by atoms with Crippen LogP contribution in [0.25, 0.3) is 10.8 Å². The fourth-order valence-corrected chi connectivity index (χ4v) is 4.38. The molecular weight excluding hydrogens is 256 g/mol. The van der Waals surface area contributed by atoms with Crippen LogP contribution >= 0.6 is 0 Å². The summed E-state index contributed by atoms with van der Waals surface area (Å²) in [5.41, 5.74) is 1.43. The molecule has 0 radical (unpaired) electrons. The van der Waals surface area contributed by atoms with Crippen LogP contribution in [0.4, 0.5) is 5.69 Å². The van der Waals surface area contributed by atoms with Crippen LogP contribution in [-0.2, 0) is 0 Å². The molecule has 2 fully saturated rings. The molecule has 2 nitrogen and oxygen atoms in total. The van der Waals surface area contributed by atoms with Gasteiger partial charge in [0.05, 0.1) is 0 Å². The smallest absolute Gasteiger partial charge is 0.0377 e. The zero-order chi connectivity index (χ0) is 14.2. The average molecular weight is 280 g/mol. The summed E-state index contributed by atoms with van der Waals surface area (Å²) in [5.74, 6) is 0. The maximum Gasteiger partial charge on any atom is 0.0377 e. The van der Waals surface area contributed by atoms with E-state index in [2.05, 4.69) is 59.7 Å². The predicted octanol–water partition coefficient (Wildman–Crippen LogP) is 3.95. The van der Waals surface area contributed by atoms with Gasteiger partial charge in [-0.3, -0.25) is 0 Å². The molecule has 2 aromatic rings. The Bertz CT molecular complexity index is 622. The summed E-state index contributed by atoms with van der Waals surface area (Å²) in [6.45, 7) is 0. The number of nitrogens with one attached hydrogen (secondary N) is 1. The molecule has 0 aromatic heterocycles. The zero-order valence-corrected chi connectivity index (χ0v) is 12.8. The van der Waals surface area contributed by atoms with Gasteiger partial charge >= 0.3 is 0 Å². The Morgan fingerprint density at radius 3 is 2.38 bits per heavy atom. The quantitative estimate of drug-likeness (QED) is 0.896. The molecule has 0 amide bonds. The number of hydrogen-bond donors (Lipinski definition) is 1. The molecule has 110 valence electrons. The van der Waals surface area contributed by atoms with Crippen molar-refractivity contribution in [3.05, 3.63) is 42.5 Å². The Labute approximate surface area is 127 Å². The van der Waals surface area contributed by atoms with Gasteiger partial charge in [0.1, 0.15) is 0 Å². The third-order valence-electron chi connectivity index (χ3n) is 5.41. The molecule has 1 N–H and O–H groups in total. The second-order valence-electron chi connectivity index (χ2n) is 6.63. The highest BCUT2D eigenvalue weighted by Crippen LogP contribution is 2.38. The number of fused-ring (bicyclic) bond motifs is 3. The predicted molar refractivity (Wildman–Crippen MR) is 89.9 cm³/mol. The standard InChI is InChI=1S/C19H24N2/c1-20-16-12-17-7-4-8-18(13-16)21(17)19-10-9-14-5-2-3-6-15(14)11-19/h2-3,5-6,9-11,16-18,20H,4,7-8,12-13H2,1H3. The van der Waals surface area contributed by atoms with Crippen LogP contribution in [0.2, 0.25) is 0 Å². The Morgan fingerprint density at radius 2 is 1.67 bits per heavy atom. The minimum absolute atomic E-state index is 0.706. The SMILES string of the molecule is CNC1CC2CCCC(C1)N2c1ccc2ccccc2c1. The van der Waals surface area contributed by atoms with E-state index in [0.717, 1.165) is 12.1 Å². The monoisotopic (exact) mass is 280 g/mol. The molecule has 0 spiro atoms. The van der Waals surface area contributed by atoms with Crippen molar-refractivity contribution in [3.8, 4) is 0 Å². The lowest BCUT2D eigenvalue weighted by Gasteiger charge is -2.50. The molecule has 2 atom stereocenters. The van der Waals surface area contributed by atoms with Crippen LogP contribution in [0, 0.1) is 0 Å². The second kappa shape index (κ2) is 5.34. The minimum Gasteiger partial charge on any atom is -0.365 e.